The van der Waals surface area contributed by atoms with Gasteiger partial charge in [-0.15, -0.1) is 0 Å². The number of halogens is 1. The maximum absolute atomic E-state index is 12.9. The van der Waals surface area contributed by atoms with Gasteiger partial charge in [-0.3, -0.25) is 19.5 Å². The first-order valence-corrected chi connectivity index (χ1v) is 8.46. The van der Waals surface area contributed by atoms with Crippen molar-refractivity contribution in [3.63, 3.8) is 0 Å². The molecule has 0 bridgehead atoms. The molecule has 4 aromatic rings. The second kappa shape index (κ2) is 6.68. The maximum Gasteiger partial charge on any atom is 0.298 e. The predicted octanol–water partition coefficient (Wildman–Crippen LogP) is 5.02. The van der Waals surface area contributed by atoms with Crippen LogP contribution in [0.3, 0.4) is 0 Å². The molecule has 0 atom stereocenters. The molecule has 0 spiro atoms. The van der Waals surface area contributed by atoms with Crippen LogP contribution in [-0.2, 0) is 0 Å². The number of para-hydroxylation sites is 1. The van der Waals surface area contributed by atoms with Gasteiger partial charge < -0.3 is 4.42 Å². The number of benzene rings is 2. The fourth-order valence-electron chi connectivity index (χ4n) is 2.97. The molecule has 0 amide bonds. The van der Waals surface area contributed by atoms with Crippen molar-refractivity contribution >= 4 is 34.1 Å². The summed E-state index contributed by atoms with van der Waals surface area (Å²) in [6, 6.07) is 16.1. The second-order valence-electron chi connectivity index (χ2n) is 5.93. The molecule has 7 nitrogen and oxygen atoms in total. The average Bonchev–Trinajstić information content (AvgIpc) is 3.33. The molecule has 2 aromatic heterocycles. The van der Waals surface area contributed by atoms with Gasteiger partial charge in [0.1, 0.15) is 11.8 Å². The Morgan fingerprint density at radius 2 is 1.96 bits per heavy atom. The molecule has 2 heterocycles. The summed E-state index contributed by atoms with van der Waals surface area (Å²) in [5.74, 6) is -0.220. The van der Waals surface area contributed by atoms with Crippen LogP contribution in [0.1, 0.15) is 16.1 Å². The summed E-state index contributed by atoms with van der Waals surface area (Å²) < 4.78 is 6.97. The van der Waals surface area contributed by atoms with Gasteiger partial charge in [0.05, 0.1) is 21.0 Å². The SMILES string of the molecule is N#Cc1cn(C(=O)c2ccc(-c3cc([N+](=O)[O-])ccc3Cl)o2)c2ccccc12. The number of furan rings is 1. The molecule has 8 heteroatoms. The van der Waals surface area contributed by atoms with Crippen molar-refractivity contribution < 1.29 is 14.1 Å². The van der Waals surface area contributed by atoms with E-state index in [-0.39, 0.29) is 22.2 Å². The molecule has 0 fully saturated rings. The second-order valence-corrected chi connectivity index (χ2v) is 6.34. The molecule has 0 saturated heterocycles. The minimum absolute atomic E-state index is 0.0165. The molecule has 0 unspecified atom stereocenters. The molecule has 28 heavy (non-hydrogen) atoms. The van der Waals surface area contributed by atoms with Gasteiger partial charge in [-0.05, 0) is 24.3 Å². The number of hydrogen-bond donors (Lipinski definition) is 0. The number of rotatable bonds is 3. The largest absolute Gasteiger partial charge is 0.451 e. The zero-order valence-corrected chi connectivity index (χ0v) is 14.9. The molecule has 0 radical (unpaired) electrons. The van der Waals surface area contributed by atoms with Gasteiger partial charge in [-0.2, -0.15) is 5.26 Å². The number of hydrogen-bond acceptors (Lipinski definition) is 5. The van der Waals surface area contributed by atoms with Gasteiger partial charge in [0.25, 0.3) is 11.6 Å². The van der Waals surface area contributed by atoms with Crippen LogP contribution in [-0.4, -0.2) is 15.4 Å². The Bertz CT molecular complexity index is 1300. The van der Waals surface area contributed by atoms with Crippen LogP contribution >= 0.6 is 11.6 Å². The smallest absolute Gasteiger partial charge is 0.298 e. The number of carbonyl (C=O) groups is 1. The van der Waals surface area contributed by atoms with Crippen LogP contribution in [0.15, 0.2) is 65.2 Å². The van der Waals surface area contributed by atoms with Crippen LogP contribution in [0.2, 0.25) is 5.02 Å². The third-order valence-corrected chi connectivity index (χ3v) is 4.62. The molecule has 136 valence electrons. The van der Waals surface area contributed by atoms with Crippen LogP contribution in [0.5, 0.6) is 0 Å². The summed E-state index contributed by atoms with van der Waals surface area (Å²) in [5, 5.41) is 21.2. The Labute approximate surface area is 163 Å². The third-order valence-electron chi connectivity index (χ3n) is 4.29. The number of nitro groups is 1. The Balaban J connectivity index is 1.77. The van der Waals surface area contributed by atoms with E-state index in [9.17, 15) is 20.2 Å². The molecule has 0 aliphatic heterocycles. The van der Waals surface area contributed by atoms with E-state index in [0.717, 1.165) is 0 Å². The highest BCUT2D eigenvalue weighted by Crippen LogP contribution is 2.33. The van der Waals surface area contributed by atoms with E-state index in [2.05, 4.69) is 6.07 Å². The van der Waals surface area contributed by atoms with Crippen molar-refractivity contribution in [2.24, 2.45) is 0 Å². The van der Waals surface area contributed by atoms with E-state index in [1.807, 2.05) is 0 Å². The number of aromatic nitrogens is 1. The molecule has 0 saturated carbocycles. The van der Waals surface area contributed by atoms with Gasteiger partial charge in [0, 0.05) is 29.3 Å². The van der Waals surface area contributed by atoms with Crippen molar-refractivity contribution in [3.05, 3.63) is 87.3 Å². The van der Waals surface area contributed by atoms with Crippen molar-refractivity contribution in [1.82, 2.24) is 4.57 Å². The van der Waals surface area contributed by atoms with Gasteiger partial charge in [-0.1, -0.05) is 29.8 Å². The first-order valence-electron chi connectivity index (χ1n) is 8.08. The summed E-state index contributed by atoms with van der Waals surface area (Å²) in [4.78, 5) is 23.4. The summed E-state index contributed by atoms with van der Waals surface area (Å²) in [6.07, 6.45) is 1.45. The van der Waals surface area contributed by atoms with Gasteiger partial charge in [0.15, 0.2) is 5.76 Å². The topological polar surface area (TPSA) is 102 Å². The highest BCUT2D eigenvalue weighted by molar-refractivity contribution is 6.33. The maximum atomic E-state index is 12.9. The van der Waals surface area contributed by atoms with Crippen LogP contribution in [0.25, 0.3) is 22.2 Å². The Morgan fingerprint density at radius 3 is 2.71 bits per heavy atom. The van der Waals surface area contributed by atoms with E-state index in [4.69, 9.17) is 16.0 Å². The van der Waals surface area contributed by atoms with Crippen LogP contribution in [0, 0.1) is 21.4 Å². The summed E-state index contributed by atoms with van der Waals surface area (Å²) >= 11 is 6.13. The van der Waals surface area contributed by atoms with Gasteiger partial charge in [0.2, 0.25) is 0 Å². The fourth-order valence-corrected chi connectivity index (χ4v) is 3.18. The fraction of sp³-hybridized carbons (Fsp3) is 0. The standard InChI is InChI=1S/C20H10ClN3O4/c21-16-6-5-13(24(26)27)9-15(16)18-7-8-19(28-18)20(25)23-11-12(10-22)14-3-1-2-4-17(14)23/h1-9,11H. The molecular formula is C20H10ClN3O4. The lowest BCUT2D eigenvalue weighted by Crippen LogP contribution is -2.09. The Hall–Kier alpha value is -3.89. The normalized spacial score (nSPS) is 10.7. The zero-order valence-electron chi connectivity index (χ0n) is 14.1. The Kier molecular flexibility index (Phi) is 4.18. The van der Waals surface area contributed by atoms with Crippen LogP contribution < -0.4 is 0 Å². The van der Waals surface area contributed by atoms with Crippen molar-refractivity contribution in [2.45, 2.75) is 0 Å². The minimum Gasteiger partial charge on any atom is -0.451 e. The number of non-ortho nitro benzene ring substituents is 1. The predicted molar refractivity (Wildman–Crippen MR) is 102 cm³/mol. The average molecular weight is 392 g/mol. The lowest BCUT2D eigenvalue weighted by Gasteiger charge is -2.03. The molecule has 4 rings (SSSR count). The monoisotopic (exact) mass is 391 g/mol. The molecule has 0 aliphatic rings. The molecule has 0 N–H and O–H groups in total. The van der Waals surface area contributed by atoms with Crippen molar-refractivity contribution in [1.29, 1.82) is 5.26 Å². The van der Waals surface area contributed by atoms with E-state index >= 15 is 0 Å². The first-order chi connectivity index (χ1) is 13.5. The summed E-state index contributed by atoms with van der Waals surface area (Å²) in [5.41, 5.74) is 1.12. The highest BCUT2D eigenvalue weighted by atomic mass is 35.5. The lowest BCUT2D eigenvalue weighted by molar-refractivity contribution is -0.384. The van der Waals surface area contributed by atoms with Crippen LogP contribution in [0.4, 0.5) is 5.69 Å². The van der Waals surface area contributed by atoms with Crippen molar-refractivity contribution in [3.8, 4) is 17.4 Å². The van der Waals surface area contributed by atoms with E-state index in [1.54, 1.807) is 24.3 Å². The van der Waals surface area contributed by atoms with E-state index in [0.29, 0.717) is 22.0 Å². The number of nitrogens with zero attached hydrogens (tertiary/aromatic N) is 3. The molecule has 0 aliphatic carbocycles. The molecule has 2 aromatic carbocycles. The minimum atomic E-state index is -0.537. The number of nitriles is 1. The highest BCUT2D eigenvalue weighted by Gasteiger charge is 2.20. The van der Waals surface area contributed by atoms with E-state index < -0.39 is 10.8 Å². The number of fused-ring (bicyclic) bond motifs is 1. The summed E-state index contributed by atoms with van der Waals surface area (Å²) in [7, 11) is 0. The molecular weight excluding hydrogens is 382 g/mol. The zero-order chi connectivity index (χ0) is 19.8. The van der Waals surface area contributed by atoms with Gasteiger partial charge >= 0.3 is 0 Å². The summed E-state index contributed by atoms with van der Waals surface area (Å²) in [6.45, 7) is 0. The first kappa shape index (κ1) is 17.5. The van der Waals surface area contributed by atoms with E-state index in [1.165, 1.54) is 41.1 Å². The third kappa shape index (κ3) is 2.82. The number of carbonyl (C=O) groups excluding carboxylic acids is 1. The number of nitro benzene ring substituents is 1. The quantitative estimate of drug-likeness (QED) is 0.360. The lowest BCUT2D eigenvalue weighted by atomic mass is 10.1. The Morgan fingerprint density at radius 1 is 1.18 bits per heavy atom. The van der Waals surface area contributed by atoms with Gasteiger partial charge in [-0.25, -0.2) is 0 Å². The van der Waals surface area contributed by atoms with Crippen molar-refractivity contribution in [2.75, 3.05) is 0 Å².